The van der Waals surface area contributed by atoms with E-state index in [1.807, 2.05) is 18.7 Å². The standard InChI is InChI=1S/C11H15ClN4O3/c1-3-8-6-19-7(2)5-15(8)10-9(16(17)18)4-13-11(12)14-10/h4,7-8H,3,5-6H2,1-2H3. The highest BCUT2D eigenvalue weighted by Crippen LogP contribution is 2.30. The molecule has 1 aromatic rings. The van der Waals surface area contributed by atoms with E-state index in [-0.39, 0.29) is 28.9 Å². The molecule has 2 rings (SSSR count). The molecular weight excluding hydrogens is 272 g/mol. The molecule has 0 spiro atoms. The Kier molecular flexibility index (Phi) is 4.16. The summed E-state index contributed by atoms with van der Waals surface area (Å²) in [6.45, 7) is 5.00. The molecule has 8 heteroatoms. The van der Waals surface area contributed by atoms with E-state index in [0.29, 0.717) is 13.2 Å². The van der Waals surface area contributed by atoms with Gasteiger partial charge in [-0.1, -0.05) is 6.92 Å². The Labute approximate surface area is 115 Å². The summed E-state index contributed by atoms with van der Waals surface area (Å²) < 4.78 is 5.58. The van der Waals surface area contributed by atoms with Crippen molar-refractivity contribution in [3.63, 3.8) is 0 Å². The van der Waals surface area contributed by atoms with Crippen molar-refractivity contribution in [2.45, 2.75) is 32.4 Å². The van der Waals surface area contributed by atoms with Gasteiger partial charge >= 0.3 is 5.69 Å². The first-order valence-electron chi connectivity index (χ1n) is 6.08. The second kappa shape index (κ2) is 5.66. The van der Waals surface area contributed by atoms with Crippen molar-refractivity contribution in [1.29, 1.82) is 0 Å². The molecule has 0 radical (unpaired) electrons. The van der Waals surface area contributed by atoms with Crippen molar-refractivity contribution in [2.24, 2.45) is 0 Å². The highest BCUT2D eigenvalue weighted by Gasteiger charge is 2.32. The van der Waals surface area contributed by atoms with Crippen LogP contribution in [-0.4, -0.2) is 40.2 Å². The van der Waals surface area contributed by atoms with Gasteiger partial charge in [0.15, 0.2) is 0 Å². The Morgan fingerprint density at radius 1 is 1.68 bits per heavy atom. The maximum absolute atomic E-state index is 11.1. The number of morpholine rings is 1. The van der Waals surface area contributed by atoms with E-state index >= 15 is 0 Å². The number of ether oxygens (including phenoxy) is 1. The summed E-state index contributed by atoms with van der Waals surface area (Å²) in [7, 11) is 0. The molecule has 104 valence electrons. The molecule has 1 saturated heterocycles. The monoisotopic (exact) mass is 286 g/mol. The predicted molar refractivity (Wildman–Crippen MR) is 70.5 cm³/mol. The van der Waals surface area contributed by atoms with E-state index in [1.54, 1.807) is 0 Å². The summed E-state index contributed by atoms with van der Waals surface area (Å²) in [4.78, 5) is 20.2. The first-order valence-corrected chi connectivity index (χ1v) is 6.46. The number of nitro groups is 1. The molecule has 0 aromatic carbocycles. The third-order valence-electron chi connectivity index (χ3n) is 3.13. The smallest absolute Gasteiger partial charge is 0.329 e. The lowest BCUT2D eigenvalue weighted by atomic mass is 10.1. The molecule has 1 aliphatic heterocycles. The summed E-state index contributed by atoms with van der Waals surface area (Å²) in [5.41, 5.74) is -0.128. The van der Waals surface area contributed by atoms with Crippen LogP contribution in [0.25, 0.3) is 0 Å². The van der Waals surface area contributed by atoms with Crippen LogP contribution in [0.4, 0.5) is 11.5 Å². The van der Waals surface area contributed by atoms with E-state index in [4.69, 9.17) is 16.3 Å². The number of aromatic nitrogens is 2. The molecule has 2 atom stereocenters. The van der Waals surface area contributed by atoms with Gasteiger partial charge in [-0.25, -0.2) is 4.98 Å². The molecule has 19 heavy (non-hydrogen) atoms. The number of halogens is 1. The average Bonchev–Trinajstić information content (AvgIpc) is 2.38. The summed E-state index contributed by atoms with van der Waals surface area (Å²) in [6, 6.07) is 0.0564. The van der Waals surface area contributed by atoms with E-state index in [1.165, 1.54) is 0 Å². The lowest BCUT2D eigenvalue weighted by Gasteiger charge is -2.38. The number of rotatable bonds is 3. The average molecular weight is 287 g/mol. The van der Waals surface area contributed by atoms with Gasteiger partial charge in [-0.2, -0.15) is 4.98 Å². The zero-order valence-corrected chi connectivity index (χ0v) is 11.5. The van der Waals surface area contributed by atoms with Crippen LogP contribution >= 0.6 is 11.6 Å². The van der Waals surface area contributed by atoms with Crippen molar-refractivity contribution in [2.75, 3.05) is 18.1 Å². The fourth-order valence-electron chi connectivity index (χ4n) is 2.13. The van der Waals surface area contributed by atoms with Gasteiger partial charge in [-0.15, -0.1) is 0 Å². The summed E-state index contributed by atoms with van der Waals surface area (Å²) in [6.07, 6.45) is 1.96. The SMILES string of the molecule is CCC1COC(C)CN1c1nc(Cl)ncc1[N+](=O)[O-]. The fraction of sp³-hybridized carbons (Fsp3) is 0.636. The molecule has 7 nitrogen and oxygen atoms in total. The van der Waals surface area contributed by atoms with E-state index in [9.17, 15) is 10.1 Å². The number of hydrogen-bond donors (Lipinski definition) is 0. The summed E-state index contributed by atoms with van der Waals surface area (Å²) in [5.74, 6) is 0.270. The Hall–Kier alpha value is -1.47. The third kappa shape index (κ3) is 2.93. The van der Waals surface area contributed by atoms with Gasteiger partial charge in [-0.05, 0) is 24.9 Å². The minimum atomic E-state index is -0.488. The zero-order chi connectivity index (χ0) is 14.0. The molecule has 1 aliphatic rings. The van der Waals surface area contributed by atoms with Crippen LogP contribution in [0.1, 0.15) is 20.3 Å². The van der Waals surface area contributed by atoms with Gasteiger partial charge in [0.1, 0.15) is 6.20 Å². The van der Waals surface area contributed by atoms with Crippen molar-refractivity contribution < 1.29 is 9.66 Å². The van der Waals surface area contributed by atoms with E-state index in [2.05, 4.69) is 9.97 Å². The van der Waals surface area contributed by atoms with E-state index in [0.717, 1.165) is 12.6 Å². The highest BCUT2D eigenvalue weighted by atomic mass is 35.5. The van der Waals surface area contributed by atoms with Gasteiger partial charge in [0.2, 0.25) is 11.1 Å². The highest BCUT2D eigenvalue weighted by molar-refractivity contribution is 6.28. The van der Waals surface area contributed by atoms with Crippen LogP contribution in [0.2, 0.25) is 5.28 Å². The Morgan fingerprint density at radius 2 is 2.42 bits per heavy atom. The first-order chi connectivity index (χ1) is 9.02. The molecule has 0 aliphatic carbocycles. The lowest BCUT2D eigenvalue weighted by Crippen LogP contribution is -2.49. The zero-order valence-electron chi connectivity index (χ0n) is 10.7. The van der Waals surface area contributed by atoms with Crippen LogP contribution in [0.3, 0.4) is 0 Å². The predicted octanol–water partition coefficient (Wildman–Crippen LogP) is 2.04. The lowest BCUT2D eigenvalue weighted by molar-refractivity contribution is -0.384. The van der Waals surface area contributed by atoms with Crippen molar-refractivity contribution in [1.82, 2.24) is 9.97 Å². The van der Waals surface area contributed by atoms with Gasteiger partial charge in [0.05, 0.1) is 23.7 Å². The van der Waals surface area contributed by atoms with Crippen LogP contribution in [0.5, 0.6) is 0 Å². The third-order valence-corrected chi connectivity index (χ3v) is 3.31. The molecule has 1 aromatic heterocycles. The van der Waals surface area contributed by atoms with Crippen molar-refractivity contribution in [3.8, 4) is 0 Å². The largest absolute Gasteiger partial charge is 0.375 e. The van der Waals surface area contributed by atoms with Gasteiger partial charge in [0.25, 0.3) is 0 Å². The molecule has 0 bridgehead atoms. The second-order valence-corrected chi connectivity index (χ2v) is 4.80. The van der Waals surface area contributed by atoms with Crippen LogP contribution in [-0.2, 0) is 4.74 Å². The van der Waals surface area contributed by atoms with Crippen LogP contribution < -0.4 is 4.90 Å². The van der Waals surface area contributed by atoms with Gasteiger partial charge in [-0.3, -0.25) is 10.1 Å². The van der Waals surface area contributed by atoms with Crippen LogP contribution in [0.15, 0.2) is 6.20 Å². The Bertz CT molecular complexity index is 485. The Balaban J connectivity index is 2.42. The summed E-state index contributed by atoms with van der Waals surface area (Å²) >= 11 is 5.77. The number of hydrogen-bond acceptors (Lipinski definition) is 6. The molecule has 2 heterocycles. The number of anilines is 1. The Morgan fingerprint density at radius 3 is 3.05 bits per heavy atom. The van der Waals surface area contributed by atoms with E-state index < -0.39 is 4.92 Å². The maximum Gasteiger partial charge on any atom is 0.329 e. The molecule has 2 unspecified atom stereocenters. The van der Waals surface area contributed by atoms with Gasteiger partial charge < -0.3 is 9.64 Å². The fourth-order valence-corrected chi connectivity index (χ4v) is 2.26. The van der Waals surface area contributed by atoms with Crippen LogP contribution in [0, 0.1) is 10.1 Å². The van der Waals surface area contributed by atoms with Gasteiger partial charge in [0, 0.05) is 6.54 Å². The molecule has 1 fully saturated rings. The maximum atomic E-state index is 11.1. The normalized spacial score (nSPS) is 23.4. The first kappa shape index (κ1) is 14.0. The minimum absolute atomic E-state index is 0.00357. The molecule has 0 saturated carbocycles. The van der Waals surface area contributed by atoms with Crippen molar-refractivity contribution >= 4 is 23.1 Å². The molecule has 0 amide bonds. The number of nitrogens with zero attached hydrogens (tertiary/aromatic N) is 4. The minimum Gasteiger partial charge on any atom is -0.375 e. The summed E-state index contributed by atoms with van der Waals surface area (Å²) in [5, 5.41) is 11.1. The molecule has 0 N–H and O–H groups in total. The molecular formula is C11H15ClN4O3. The second-order valence-electron chi connectivity index (χ2n) is 4.46. The topological polar surface area (TPSA) is 81.4 Å². The quantitative estimate of drug-likeness (QED) is 0.480. The van der Waals surface area contributed by atoms with Crippen molar-refractivity contribution in [3.05, 3.63) is 21.6 Å².